The Morgan fingerprint density at radius 2 is 1.77 bits per heavy atom. The third-order valence-corrected chi connectivity index (χ3v) is 8.82. The molecule has 0 radical (unpaired) electrons. The highest BCUT2D eigenvalue weighted by Gasteiger charge is 2.40. The van der Waals surface area contributed by atoms with Crippen LogP contribution in [0.4, 0.5) is 0 Å². The van der Waals surface area contributed by atoms with Gasteiger partial charge in [0.2, 0.25) is 15.9 Å². The van der Waals surface area contributed by atoms with Crippen molar-refractivity contribution < 1.29 is 23.1 Å². The molecule has 7 nitrogen and oxygen atoms in total. The van der Waals surface area contributed by atoms with Gasteiger partial charge in [0.05, 0.1) is 4.90 Å². The van der Waals surface area contributed by atoms with E-state index in [0.29, 0.717) is 6.42 Å². The van der Waals surface area contributed by atoms with E-state index in [1.54, 1.807) is 11.3 Å². The maximum atomic E-state index is 13.2. The Kier molecular flexibility index (Phi) is 7.83. The van der Waals surface area contributed by atoms with E-state index in [1.807, 2.05) is 41.1 Å². The van der Waals surface area contributed by atoms with E-state index in [4.69, 9.17) is 23.2 Å². The average Bonchev–Trinajstić information content (AvgIpc) is 3.51. The number of thiophene rings is 1. The van der Waals surface area contributed by atoms with Crippen LogP contribution in [-0.4, -0.2) is 48.3 Å². The molecule has 2 heterocycles. The highest BCUT2D eigenvalue weighted by Crippen LogP contribution is 2.30. The zero-order valence-corrected chi connectivity index (χ0v) is 21.5. The summed E-state index contributed by atoms with van der Waals surface area (Å²) < 4.78 is 27.5. The van der Waals surface area contributed by atoms with Crippen LogP contribution < -0.4 is 5.32 Å². The van der Waals surface area contributed by atoms with Crippen molar-refractivity contribution in [3.63, 3.8) is 0 Å². The number of carbonyl (C=O) groups excluding carboxylic acids is 1. The zero-order valence-electron chi connectivity index (χ0n) is 18.4. The molecule has 0 aliphatic carbocycles. The smallest absolute Gasteiger partial charge is 0.326 e. The van der Waals surface area contributed by atoms with Crippen LogP contribution in [0.5, 0.6) is 0 Å². The minimum Gasteiger partial charge on any atom is -0.480 e. The summed E-state index contributed by atoms with van der Waals surface area (Å²) in [7, 11) is -4.06. The van der Waals surface area contributed by atoms with E-state index in [-0.39, 0.29) is 34.3 Å². The SMILES string of the molecule is O=C(O)[C@H](Cc1ccc(-c2ccsc2)cc1)NC(=O)[C@@H]1CCCN1S(=O)(=O)c1cc(Cl)cc(Cl)c1. The molecule has 1 saturated heterocycles. The Bertz CT molecular complexity index is 1310. The van der Waals surface area contributed by atoms with Crippen molar-refractivity contribution in [2.45, 2.75) is 36.2 Å². The van der Waals surface area contributed by atoms with Gasteiger partial charge in [-0.15, -0.1) is 0 Å². The van der Waals surface area contributed by atoms with E-state index in [0.717, 1.165) is 21.0 Å². The first-order chi connectivity index (χ1) is 16.6. The number of halogens is 2. The van der Waals surface area contributed by atoms with Gasteiger partial charge in [-0.25, -0.2) is 13.2 Å². The first-order valence-corrected chi connectivity index (χ1v) is 13.9. The predicted octanol–water partition coefficient (Wildman–Crippen LogP) is 4.69. The van der Waals surface area contributed by atoms with Crippen molar-refractivity contribution in [2.75, 3.05) is 6.54 Å². The van der Waals surface area contributed by atoms with Crippen LogP contribution in [0.3, 0.4) is 0 Å². The maximum Gasteiger partial charge on any atom is 0.326 e. The van der Waals surface area contributed by atoms with E-state index in [1.165, 1.54) is 18.2 Å². The molecule has 4 rings (SSSR count). The quantitative estimate of drug-likeness (QED) is 0.422. The molecule has 35 heavy (non-hydrogen) atoms. The summed E-state index contributed by atoms with van der Waals surface area (Å²) in [5.41, 5.74) is 2.83. The largest absolute Gasteiger partial charge is 0.480 e. The topological polar surface area (TPSA) is 104 Å². The van der Waals surface area contributed by atoms with Crippen molar-refractivity contribution in [1.82, 2.24) is 9.62 Å². The second kappa shape index (κ2) is 10.7. The number of amides is 1. The summed E-state index contributed by atoms with van der Waals surface area (Å²) in [4.78, 5) is 24.8. The minimum absolute atomic E-state index is 0.0639. The number of nitrogens with zero attached hydrogens (tertiary/aromatic N) is 1. The lowest BCUT2D eigenvalue weighted by atomic mass is 10.0. The highest BCUT2D eigenvalue weighted by molar-refractivity contribution is 7.89. The third-order valence-electron chi connectivity index (χ3n) is 5.81. The summed E-state index contributed by atoms with van der Waals surface area (Å²) in [5, 5.41) is 16.6. The Morgan fingerprint density at radius 1 is 1.09 bits per heavy atom. The molecule has 0 bridgehead atoms. The number of sulfonamides is 1. The molecule has 0 unspecified atom stereocenters. The van der Waals surface area contributed by atoms with Crippen LogP contribution in [-0.2, 0) is 26.0 Å². The first-order valence-electron chi connectivity index (χ1n) is 10.8. The summed E-state index contributed by atoms with van der Waals surface area (Å²) in [5.74, 6) is -1.85. The maximum absolute atomic E-state index is 13.2. The van der Waals surface area contributed by atoms with Crippen LogP contribution in [0.2, 0.25) is 10.0 Å². The molecule has 1 aliphatic rings. The van der Waals surface area contributed by atoms with Gasteiger partial charge in [0.1, 0.15) is 12.1 Å². The highest BCUT2D eigenvalue weighted by atomic mass is 35.5. The fourth-order valence-corrected chi connectivity index (χ4v) is 7.12. The Morgan fingerprint density at radius 3 is 2.37 bits per heavy atom. The zero-order chi connectivity index (χ0) is 25.2. The molecule has 2 atom stereocenters. The van der Waals surface area contributed by atoms with Crippen molar-refractivity contribution in [3.8, 4) is 11.1 Å². The standard InChI is InChI=1S/C24H22Cl2N2O5S2/c25-18-11-19(26)13-20(12-18)35(32,33)28-8-1-2-22(28)23(29)27-21(24(30)31)10-15-3-5-16(6-4-15)17-7-9-34-14-17/h3-7,9,11-14,21-22H,1-2,8,10H2,(H,27,29)(H,30,31)/t21-,22-/m0/s1. The van der Waals surface area contributed by atoms with E-state index in [9.17, 15) is 23.1 Å². The van der Waals surface area contributed by atoms with Crippen molar-refractivity contribution in [2.24, 2.45) is 0 Å². The fraction of sp³-hybridized carbons (Fsp3) is 0.250. The Hall–Kier alpha value is -2.43. The number of carboxylic acids is 1. The molecular formula is C24H22Cl2N2O5S2. The van der Waals surface area contributed by atoms with Crippen molar-refractivity contribution in [1.29, 1.82) is 0 Å². The molecule has 11 heteroatoms. The molecule has 1 aromatic heterocycles. The number of hydrogen-bond donors (Lipinski definition) is 2. The lowest BCUT2D eigenvalue weighted by Gasteiger charge is -2.25. The minimum atomic E-state index is -4.06. The molecule has 0 spiro atoms. The van der Waals surface area contributed by atoms with Crippen LogP contribution in [0.25, 0.3) is 11.1 Å². The second-order valence-electron chi connectivity index (χ2n) is 8.19. The van der Waals surface area contributed by atoms with Gasteiger partial charge in [-0.1, -0.05) is 47.5 Å². The van der Waals surface area contributed by atoms with Gasteiger partial charge >= 0.3 is 5.97 Å². The van der Waals surface area contributed by atoms with Gasteiger partial charge < -0.3 is 10.4 Å². The van der Waals surface area contributed by atoms with Gasteiger partial charge in [0, 0.05) is 23.0 Å². The van der Waals surface area contributed by atoms with E-state index >= 15 is 0 Å². The number of carbonyl (C=O) groups is 2. The molecule has 2 N–H and O–H groups in total. The lowest BCUT2D eigenvalue weighted by Crippen LogP contribution is -2.51. The van der Waals surface area contributed by atoms with Crippen molar-refractivity contribution >= 4 is 56.4 Å². The molecule has 1 amide bonds. The van der Waals surface area contributed by atoms with E-state index in [2.05, 4.69) is 5.32 Å². The second-order valence-corrected chi connectivity index (χ2v) is 11.7. The van der Waals surface area contributed by atoms with E-state index < -0.39 is 34.0 Å². The van der Waals surface area contributed by atoms with Gasteiger partial charge in [-0.3, -0.25) is 4.79 Å². The molecule has 3 aromatic rings. The summed E-state index contributed by atoms with van der Waals surface area (Å²) in [6.07, 6.45) is 0.808. The number of carboxylic acid groups (broad SMARTS) is 1. The van der Waals surface area contributed by atoms with Crippen molar-refractivity contribution in [3.05, 3.63) is 74.9 Å². The summed E-state index contributed by atoms with van der Waals surface area (Å²) in [6, 6.07) is 11.2. The van der Waals surface area contributed by atoms with Gasteiger partial charge in [0.15, 0.2) is 0 Å². The number of benzene rings is 2. The third kappa shape index (κ3) is 5.87. The van der Waals surface area contributed by atoms with Gasteiger partial charge in [-0.2, -0.15) is 15.6 Å². The number of rotatable bonds is 8. The number of hydrogen-bond acceptors (Lipinski definition) is 5. The molecule has 1 aliphatic heterocycles. The number of aliphatic carboxylic acids is 1. The van der Waals surface area contributed by atoms with Crippen LogP contribution in [0, 0.1) is 0 Å². The summed E-state index contributed by atoms with van der Waals surface area (Å²) in [6.45, 7) is 0.131. The lowest BCUT2D eigenvalue weighted by molar-refractivity contribution is -0.142. The van der Waals surface area contributed by atoms with Crippen LogP contribution >= 0.6 is 34.5 Å². The molecule has 2 aromatic carbocycles. The molecule has 1 fully saturated rings. The number of nitrogens with one attached hydrogen (secondary N) is 1. The molecule has 184 valence electrons. The van der Waals surface area contributed by atoms with Gasteiger partial charge in [-0.05, 0) is 64.6 Å². The Balaban J connectivity index is 1.48. The normalized spacial score (nSPS) is 17.3. The molecular weight excluding hydrogens is 531 g/mol. The predicted molar refractivity (Wildman–Crippen MR) is 136 cm³/mol. The fourth-order valence-electron chi connectivity index (χ4n) is 4.07. The summed E-state index contributed by atoms with van der Waals surface area (Å²) >= 11 is 13.5. The average molecular weight is 553 g/mol. The monoisotopic (exact) mass is 552 g/mol. The Labute approximate surface area is 217 Å². The van der Waals surface area contributed by atoms with Crippen LogP contribution in [0.1, 0.15) is 18.4 Å². The van der Waals surface area contributed by atoms with Crippen LogP contribution in [0.15, 0.2) is 64.2 Å². The first kappa shape index (κ1) is 25.7. The van der Waals surface area contributed by atoms with Gasteiger partial charge in [0.25, 0.3) is 0 Å². The molecule has 0 saturated carbocycles.